The van der Waals surface area contributed by atoms with Crippen molar-refractivity contribution in [2.75, 3.05) is 6.61 Å². The summed E-state index contributed by atoms with van der Waals surface area (Å²) in [5.74, 6) is 0. The van der Waals surface area contributed by atoms with Gasteiger partial charge < -0.3 is 10.5 Å². The molecular formula is C12H18BrNO. The third-order valence-corrected chi connectivity index (χ3v) is 3.11. The number of hydrogen-bond acceptors (Lipinski definition) is 2. The molecule has 0 spiro atoms. The summed E-state index contributed by atoms with van der Waals surface area (Å²) in [5, 5.41) is 0. The Morgan fingerprint density at radius 1 is 1.40 bits per heavy atom. The van der Waals surface area contributed by atoms with E-state index in [0.717, 1.165) is 10.0 Å². The summed E-state index contributed by atoms with van der Waals surface area (Å²) in [4.78, 5) is 0. The second-order valence-corrected chi connectivity index (χ2v) is 4.85. The average Bonchev–Trinajstić information content (AvgIpc) is 2.18. The highest BCUT2D eigenvalue weighted by molar-refractivity contribution is 9.10. The van der Waals surface area contributed by atoms with Crippen LogP contribution in [0.2, 0.25) is 0 Å². The van der Waals surface area contributed by atoms with Gasteiger partial charge in [0.25, 0.3) is 0 Å². The van der Waals surface area contributed by atoms with E-state index in [9.17, 15) is 0 Å². The molecule has 0 fully saturated rings. The van der Waals surface area contributed by atoms with Crippen LogP contribution in [0.5, 0.6) is 0 Å². The van der Waals surface area contributed by atoms with E-state index in [1.807, 2.05) is 26.0 Å². The molecular weight excluding hydrogens is 254 g/mol. The lowest BCUT2D eigenvalue weighted by Crippen LogP contribution is -2.19. The number of aryl methyl sites for hydroxylation is 1. The molecule has 1 unspecified atom stereocenters. The normalized spacial score (nSPS) is 13.2. The Balaban J connectivity index is 2.65. The Morgan fingerprint density at radius 3 is 2.60 bits per heavy atom. The van der Waals surface area contributed by atoms with Crippen LogP contribution in [0, 0.1) is 6.92 Å². The zero-order valence-electron chi connectivity index (χ0n) is 9.46. The van der Waals surface area contributed by atoms with E-state index >= 15 is 0 Å². The lowest BCUT2D eigenvalue weighted by atomic mass is 10.1. The van der Waals surface area contributed by atoms with Crippen LogP contribution in [-0.2, 0) is 4.74 Å². The summed E-state index contributed by atoms with van der Waals surface area (Å²) in [6.07, 6.45) is 0.229. The maximum Gasteiger partial charge on any atom is 0.0662 e. The van der Waals surface area contributed by atoms with Crippen molar-refractivity contribution in [3.05, 3.63) is 33.8 Å². The Kier molecular flexibility index (Phi) is 4.77. The van der Waals surface area contributed by atoms with E-state index in [1.165, 1.54) is 5.56 Å². The van der Waals surface area contributed by atoms with Gasteiger partial charge in [0.2, 0.25) is 0 Å². The number of rotatable bonds is 4. The number of hydrogen-bond donors (Lipinski definition) is 1. The smallest absolute Gasteiger partial charge is 0.0662 e. The first kappa shape index (κ1) is 12.7. The van der Waals surface area contributed by atoms with Crippen LogP contribution in [0.25, 0.3) is 0 Å². The first-order valence-electron chi connectivity index (χ1n) is 5.14. The van der Waals surface area contributed by atoms with Crippen molar-refractivity contribution in [2.24, 2.45) is 5.73 Å². The molecule has 1 rings (SSSR count). The summed E-state index contributed by atoms with van der Waals surface area (Å²) in [5.41, 5.74) is 8.34. The largest absolute Gasteiger partial charge is 0.377 e. The fraction of sp³-hybridized carbons (Fsp3) is 0.500. The summed E-state index contributed by atoms with van der Waals surface area (Å²) < 4.78 is 6.61. The maximum absolute atomic E-state index is 6.02. The van der Waals surface area contributed by atoms with E-state index in [4.69, 9.17) is 10.5 Å². The molecule has 2 N–H and O–H groups in total. The molecule has 0 aliphatic rings. The van der Waals surface area contributed by atoms with Gasteiger partial charge in [0, 0.05) is 4.47 Å². The first-order valence-corrected chi connectivity index (χ1v) is 5.93. The predicted molar refractivity (Wildman–Crippen MR) is 66.9 cm³/mol. The zero-order valence-corrected chi connectivity index (χ0v) is 11.0. The van der Waals surface area contributed by atoms with Gasteiger partial charge in [-0.15, -0.1) is 0 Å². The minimum atomic E-state index is -0.0424. The third kappa shape index (κ3) is 3.93. The number of halogens is 1. The van der Waals surface area contributed by atoms with Crippen molar-refractivity contribution in [1.82, 2.24) is 0 Å². The van der Waals surface area contributed by atoms with Crippen LogP contribution in [0.4, 0.5) is 0 Å². The van der Waals surface area contributed by atoms with Crippen molar-refractivity contribution in [1.29, 1.82) is 0 Å². The Bertz CT molecular complexity index is 325. The van der Waals surface area contributed by atoms with Crippen LogP contribution in [0.3, 0.4) is 0 Å². The van der Waals surface area contributed by atoms with Crippen molar-refractivity contribution >= 4 is 15.9 Å². The second-order valence-electron chi connectivity index (χ2n) is 4.00. The van der Waals surface area contributed by atoms with Crippen LogP contribution in [0.15, 0.2) is 22.7 Å². The zero-order chi connectivity index (χ0) is 11.4. The molecule has 1 atom stereocenters. The minimum Gasteiger partial charge on any atom is -0.377 e. The summed E-state index contributed by atoms with van der Waals surface area (Å²) in [6, 6.07) is 6.11. The molecule has 3 heteroatoms. The molecule has 0 aromatic heterocycles. The van der Waals surface area contributed by atoms with Gasteiger partial charge in [-0.25, -0.2) is 0 Å². The van der Waals surface area contributed by atoms with Crippen LogP contribution in [0.1, 0.15) is 31.0 Å². The van der Waals surface area contributed by atoms with Gasteiger partial charge in [-0.2, -0.15) is 0 Å². The molecule has 0 heterocycles. The summed E-state index contributed by atoms with van der Waals surface area (Å²) in [7, 11) is 0. The minimum absolute atomic E-state index is 0.0424. The van der Waals surface area contributed by atoms with Gasteiger partial charge in [-0.3, -0.25) is 0 Å². The molecule has 0 amide bonds. The maximum atomic E-state index is 6.02. The second kappa shape index (κ2) is 5.64. The number of ether oxygens (including phenoxy) is 1. The highest BCUT2D eigenvalue weighted by Gasteiger charge is 2.08. The average molecular weight is 272 g/mol. The van der Waals surface area contributed by atoms with Gasteiger partial charge in [0.15, 0.2) is 0 Å². The van der Waals surface area contributed by atoms with E-state index in [2.05, 4.69) is 28.9 Å². The van der Waals surface area contributed by atoms with Crippen molar-refractivity contribution in [3.8, 4) is 0 Å². The van der Waals surface area contributed by atoms with E-state index in [0.29, 0.717) is 6.61 Å². The Labute approximate surface area is 99.9 Å². The van der Waals surface area contributed by atoms with E-state index in [-0.39, 0.29) is 12.1 Å². The summed E-state index contributed by atoms with van der Waals surface area (Å²) >= 11 is 3.47. The molecule has 0 bridgehead atoms. The number of nitrogens with two attached hydrogens (primary N) is 1. The predicted octanol–water partition coefficient (Wildman–Crippen LogP) is 3.18. The number of benzene rings is 1. The van der Waals surface area contributed by atoms with Crippen LogP contribution in [-0.4, -0.2) is 12.7 Å². The van der Waals surface area contributed by atoms with Gasteiger partial charge in [0.05, 0.1) is 18.8 Å². The molecule has 1 aromatic carbocycles. The van der Waals surface area contributed by atoms with E-state index in [1.54, 1.807) is 0 Å². The topological polar surface area (TPSA) is 35.2 Å². The SMILES string of the molecule is Cc1cc(C(N)COC(C)C)ccc1Br. The van der Waals surface area contributed by atoms with Crippen LogP contribution >= 0.6 is 15.9 Å². The monoisotopic (exact) mass is 271 g/mol. The molecule has 0 saturated carbocycles. The fourth-order valence-electron chi connectivity index (χ4n) is 1.29. The van der Waals surface area contributed by atoms with Gasteiger partial charge in [-0.05, 0) is 38.0 Å². The Morgan fingerprint density at radius 2 is 2.07 bits per heavy atom. The standard InChI is InChI=1S/C12H18BrNO/c1-8(2)15-7-12(14)10-4-5-11(13)9(3)6-10/h4-6,8,12H,7,14H2,1-3H3. The molecule has 15 heavy (non-hydrogen) atoms. The van der Waals surface area contributed by atoms with Crippen molar-refractivity contribution in [2.45, 2.75) is 32.9 Å². The van der Waals surface area contributed by atoms with Gasteiger partial charge in [-0.1, -0.05) is 28.1 Å². The van der Waals surface area contributed by atoms with Crippen molar-refractivity contribution in [3.63, 3.8) is 0 Å². The highest BCUT2D eigenvalue weighted by atomic mass is 79.9. The lowest BCUT2D eigenvalue weighted by Gasteiger charge is -2.15. The van der Waals surface area contributed by atoms with Crippen LogP contribution < -0.4 is 5.73 Å². The third-order valence-electron chi connectivity index (χ3n) is 2.22. The van der Waals surface area contributed by atoms with Gasteiger partial charge >= 0.3 is 0 Å². The van der Waals surface area contributed by atoms with E-state index < -0.39 is 0 Å². The molecule has 0 saturated heterocycles. The molecule has 0 radical (unpaired) electrons. The molecule has 0 aliphatic carbocycles. The fourth-order valence-corrected chi connectivity index (χ4v) is 1.54. The lowest BCUT2D eigenvalue weighted by molar-refractivity contribution is 0.0683. The van der Waals surface area contributed by atoms with Crippen molar-refractivity contribution < 1.29 is 4.74 Å². The molecule has 1 aromatic rings. The molecule has 0 aliphatic heterocycles. The summed E-state index contributed by atoms with van der Waals surface area (Å²) in [6.45, 7) is 6.65. The quantitative estimate of drug-likeness (QED) is 0.913. The first-order chi connectivity index (χ1) is 7.00. The highest BCUT2D eigenvalue weighted by Crippen LogP contribution is 2.20. The van der Waals surface area contributed by atoms with Gasteiger partial charge in [0.1, 0.15) is 0 Å². The Hall–Kier alpha value is -0.380. The molecule has 2 nitrogen and oxygen atoms in total. The molecule has 84 valence electrons.